The summed E-state index contributed by atoms with van der Waals surface area (Å²) >= 11 is 0. The minimum atomic E-state index is -1.92. The van der Waals surface area contributed by atoms with Crippen molar-refractivity contribution in [1.82, 2.24) is 0 Å². The SMILES string of the molecule is C=C[C@](C)(CCC)[C@H](C=O)O[Si](C)(C)C(C)(C)C. The van der Waals surface area contributed by atoms with Gasteiger partial charge in [0.15, 0.2) is 8.32 Å². The van der Waals surface area contributed by atoms with Crippen molar-refractivity contribution >= 4 is 14.6 Å². The van der Waals surface area contributed by atoms with Crippen molar-refractivity contribution in [1.29, 1.82) is 0 Å². The number of aldehydes is 1. The Hall–Kier alpha value is -0.413. The first-order chi connectivity index (χ1) is 8.04. The monoisotopic (exact) mass is 270 g/mol. The van der Waals surface area contributed by atoms with E-state index in [-0.39, 0.29) is 16.6 Å². The second kappa shape index (κ2) is 6.16. The van der Waals surface area contributed by atoms with Crippen LogP contribution in [0.5, 0.6) is 0 Å². The van der Waals surface area contributed by atoms with Gasteiger partial charge >= 0.3 is 0 Å². The number of rotatable bonds is 7. The Morgan fingerprint density at radius 3 is 2.06 bits per heavy atom. The fourth-order valence-corrected chi connectivity index (χ4v) is 3.02. The normalized spacial score (nSPS) is 17.9. The molecule has 106 valence electrons. The zero-order valence-corrected chi connectivity index (χ0v) is 14.2. The van der Waals surface area contributed by atoms with Crippen molar-refractivity contribution in [2.24, 2.45) is 5.41 Å². The third kappa shape index (κ3) is 4.06. The zero-order chi connectivity index (χ0) is 14.6. The van der Waals surface area contributed by atoms with E-state index in [1.807, 2.05) is 6.08 Å². The van der Waals surface area contributed by atoms with Crippen molar-refractivity contribution in [3.63, 3.8) is 0 Å². The van der Waals surface area contributed by atoms with Crippen LogP contribution in [0.1, 0.15) is 47.5 Å². The molecule has 0 rings (SSSR count). The van der Waals surface area contributed by atoms with Gasteiger partial charge in [-0.3, -0.25) is 0 Å². The number of carbonyl (C=O) groups excluding carboxylic acids is 1. The maximum absolute atomic E-state index is 11.4. The highest BCUT2D eigenvalue weighted by Crippen LogP contribution is 2.40. The molecule has 0 unspecified atom stereocenters. The van der Waals surface area contributed by atoms with Gasteiger partial charge in [-0.05, 0) is 24.6 Å². The van der Waals surface area contributed by atoms with E-state index < -0.39 is 8.32 Å². The van der Waals surface area contributed by atoms with Gasteiger partial charge in [0, 0.05) is 5.41 Å². The summed E-state index contributed by atoms with van der Waals surface area (Å²) < 4.78 is 6.26. The van der Waals surface area contributed by atoms with Crippen LogP contribution in [-0.4, -0.2) is 20.7 Å². The van der Waals surface area contributed by atoms with Crippen LogP contribution >= 0.6 is 0 Å². The van der Waals surface area contributed by atoms with Crippen LogP contribution in [0.4, 0.5) is 0 Å². The summed E-state index contributed by atoms with van der Waals surface area (Å²) in [6.07, 6.45) is 4.40. The van der Waals surface area contributed by atoms with Gasteiger partial charge in [0.25, 0.3) is 0 Å². The maximum atomic E-state index is 11.4. The lowest BCUT2D eigenvalue weighted by Crippen LogP contribution is -2.48. The van der Waals surface area contributed by atoms with E-state index in [1.54, 1.807) is 0 Å². The van der Waals surface area contributed by atoms with Crippen molar-refractivity contribution in [3.8, 4) is 0 Å². The van der Waals surface area contributed by atoms with Crippen LogP contribution in [0.25, 0.3) is 0 Å². The molecular formula is C15H30O2Si. The van der Waals surface area contributed by atoms with Gasteiger partial charge in [0.2, 0.25) is 0 Å². The highest BCUT2D eigenvalue weighted by Gasteiger charge is 2.43. The number of hydrogen-bond donors (Lipinski definition) is 0. The molecule has 0 aliphatic heterocycles. The Bertz CT molecular complexity index is 291. The quantitative estimate of drug-likeness (QED) is 0.385. The molecule has 0 bridgehead atoms. The van der Waals surface area contributed by atoms with E-state index in [0.717, 1.165) is 19.1 Å². The predicted octanol–water partition coefficient (Wildman–Crippen LogP) is 4.57. The summed E-state index contributed by atoms with van der Waals surface area (Å²) in [5.41, 5.74) is -0.258. The standard InChI is InChI=1S/C15H30O2Si/c1-9-11-15(6,10-2)13(12-16)17-18(7,8)14(3,4)5/h10,12-13H,2,9,11H2,1,3-8H3/t13-,15+/m0/s1. The van der Waals surface area contributed by atoms with Crippen LogP contribution in [0, 0.1) is 5.41 Å². The molecule has 0 fully saturated rings. The molecule has 0 aliphatic rings. The summed E-state index contributed by atoms with van der Waals surface area (Å²) in [7, 11) is -1.92. The summed E-state index contributed by atoms with van der Waals surface area (Å²) in [4.78, 5) is 11.4. The van der Waals surface area contributed by atoms with Crippen LogP contribution < -0.4 is 0 Å². The average Bonchev–Trinajstić information content (AvgIpc) is 2.24. The van der Waals surface area contributed by atoms with Crippen molar-refractivity contribution in [2.75, 3.05) is 0 Å². The molecule has 0 aromatic carbocycles. The van der Waals surface area contributed by atoms with E-state index in [0.29, 0.717) is 0 Å². The first kappa shape index (κ1) is 17.6. The van der Waals surface area contributed by atoms with E-state index >= 15 is 0 Å². The highest BCUT2D eigenvalue weighted by atomic mass is 28.4. The molecule has 0 saturated carbocycles. The highest BCUT2D eigenvalue weighted by molar-refractivity contribution is 6.74. The van der Waals surface area contributed by atoms with E-state index in [2.05, 4.69) is 54.3 Å². The molecular weight excluding hydrogens is 240 g/mol. The van der Waals surface area contributed by atoms with Gasteiger partial charge in [-0.15, -0.1) is 6.58 Å². The topological polar surface area (TPSA) is 26.3 Å². The molecule has 0 aromatic rings. The van der Waals surface area contributed by atoms with Gasteiger partial charge < -0.3 is 9.22 Å². The molecule has 0 radical (unpaired) electrons. The second-order valence-electron chi connectivity index (χ2n) is 6.89. The lowest BCUT2D eigenvalue weighted by molar-refractivity contribution is -0.118. The first-order valence-electron chi connectivity index (χ1n) is 6.81. The van der Waals surface area contributed by atoms with Gasteiger partial charge in [-0.1, -0.05) is 47.1 Å². The van der Waals surface area contributed by atoms with Crippen LogP contribution in [0.2, 0.25) is 18.1 Å². The fraction of sp³-hybridized carbons (Fsp3) is 0.800. The second-order valence-corrected chi connectivity index (χ2v) is 11.7. The van der Waals surface area contributed by atoms with Crippen molar-refractivity contribution in [2.45, 2.75) is 71.7 Å². The Kier molecular flexibility index (Phi) is 6.01. The number of carbonyl (C=O) groups is 1. The summed E-state index contributed by atoms with van der Waals surface area (Å²) in [5, 5.41) is 0.114. The molecule has 0 spiro atoms. The third-order valence-corrected chi connectivity index (χ3v) is 8.71. The summed E-state index contributed by atoms with van der Waals surface area (Å²) in [6, 6.07) is 0. The van der Waals surface area contributed by atoms with Gasteiger partial charge in [0.1, 0.15) is 12.4 Å². The number of hydrogen-bond acceptors (Lipinski definition) is 2. The predicted molar refractivity (Wildman–Crippen MR) is 81.3 cm³/mol. The van der Waals surface area contributed by atoms with Crippen molar-refractivity contribution < 1.29 is 9.22 Å². The van der Waals surface area contributed by atoms with Crippen LogP contribution in [0.3, 0.4) is 0 Å². The first-order valence-corrected chi connectivity index (χ1v) is 9.71. The Balaban J connectivity index is 5.12. The molecule has 3 heteroatoms. The van der Waals surface area contributed by atoms with Gasteiger partial charge in [-0.25, -0.2) is 0 Å². The van der Waals surface area contributed by atoms with E-state index in [4.69, 9.17) is 4.43 Å². The van der Waals surface area contributed by atoms with Crippen LogP contribution in [0.15, 0.2) is 12.7 Å². The third-order valence-electron chi connectivity index (χ3n) is 4.26. The Morgan fingerprint density at radius 1 is 1.28 bits per heavy atom. The molecule has 18 heavy (non-hydrogen) atoms. The molecule has 0 saturated heterocycles. The molecule has 0 aliphatic carbocycles. The molecule has 0 heterocycles. The molecule has 0 amide bonds. The molecule has 2 atom stereocenters. The lowest BCUT2D eigenvalue weighted by atomic mass is 9.81. The van der Waals surface area contributed by atoms with Crippen LogP contribution in [-0.2, 0) is 9.22 Å². The Labute approximate surface area is 114 Å². The summed E-state index contributed by atoms with van der Waals surface area (Å²) in [6.45, 7) is 19.0. The fourth-order valence-electron chi connectivity index (χ4n) is 1.71. The average molecular weight is 270 g/mol. The van der Waals surface area contributed by atoms with Gasteiger partial charge in [-0.2, -0.15) is 0 Å². The summed E-state index contributed by atoms with van der Waals surface area (Å²) in [5.74, 6) is 0. The molecule has 2 nitrogen and oxygen atoms in total. The molecule has 0 N–H and O–H groups in total. The van der Waals surface area contributed by atoms with Gasteiger partial charge in [0.05, 0.1) is 0 Å². The van der Waals surface area contributed by atoms with Crippen molar-refractivity contribution in [3.05, 3.63) is 12.7 Å². The largest absolute Gasteiger partial charge is 0.406 e. The minimum absolute atomic E-state index is 0.114. The Morgan fingerprint density at radius 2 is 1.78 bits per heavy atom. The van der Waals surface area contributed by atoms with E-state index in [1.165, 1.54) is 0 Å². The maximum Gasteiger partial charge on any atom is 0.193 e. The lowest BCUT2D eigenvalue weighted by Gasteiger charge is -2.42. The molecule has 0 aromatic heterocycles. The smallest absolute Gasteiger partial charge is 0.193 e. The zero-order valence-electron chi connectivity index (χ0n) is 13.2. The minimum Gasteiger partial charge on any atom is -0.406 e. The van der Waals surface area contributed by atoms with E-state index in [9.17, 15) is 4.79 Å².